The lowest BCUT2D eigenvalue weighted by Crippen LogP contribution is -2.51. The van der Waals surface area contributed by atoms with Crippen molar-refractivity contribution in [2.75, 3.05) is 26.2 Å². The third-order valence-corrected chi connectivity index (χ3v) is 4.60. The molecule has 1 aromatic carbocycles. The topological polar surface area (TPSA) is 45.6 Å². The molecule has 1 aliphatic heterocycles. The predicted molar refractivity (Wildman–Crippen MR) is 92.8 cm³/mol. The van der Waals surface area contributed by atoms with Gasteiger partial charge < -0.3 is 14.4 Å². The van der Waals surface area contributed by atoms with Crippen LogP contribution in [0.3, 0.4) is 0 Å². The third kappa shape index (κ3) is 3.50. The lowest BCUT2D eigenvalue weighted by molar-refractivity contribution is -0.131. The van der Waals surface area contributed by atoms with Crippen molar-refractivity contribution >= 4 is 11.8 Å². The Morgan fingerprint density at radius 1 is 1.00 bits per heavy atom. The highest BCUT2D eigenvalue weighted by Gasteiger charge is 2.25. The van der Waals surface area contributed by atoms with Crippen molar-refractivity contribution in [3.05, 3.63) is 59.4 Å². The van der Waals surface area contributed by atoms with Gasteiger partial charge in [0.1, 0.15) is 0 Å². The molecule has 0 unspecified atom stereocenters. The molecular weight excluding hydrogens is 302 g/mol. The van der Waals surface area contributed by atoms with Gasteiger partial charge in [-0.15, -0.1) is 0 Å². The highest BCUT2D eigenvalue weighted by Crippen LogP contribution is 2.13. The minimum absolute atomic E-state index is 0.0432. The number of rotatable bonds is 3. The maximum absolute atomic E-state index is 12.5. The molecule has 2 aromatic rings. The number of nitrogens with zero attached hydrogens (tertiary/aromatic N) is 3. The second kappa shape index (κ2) is 6.91. The molecule has 5 heteroatoms. The largest absolute Gasteiger partial charge is 0.356 e. The molecule has 0 radical (unpaired) electrons. The molecule has 5 nitrogen and oxygen atoms in total. The summed E-state index contributed by atoms with van der Waals surface area (Å²) in [6.07, 6.45) is 4.13. The average Bonchev–Trinajstić information content (AvgIpc) is 3.03. The molecular formula is C19H23N3O2. The van der Waals surface area contributed by atoms with Crippen LogP contribution in [0.2, 0.25) is 0 Å². The third-order valence-electron chi connectivity index (χ3n) is 4.60. The fourth-order valence-corrected chi connectivity index (χ4v) is 3.05. The van der Waals surface area contributed by atoms with Gasteiger partial charge in [0.15, 0.2) is 0 Å². The van der Waals surface area contributed by atoms with E-state index in [2.05, 4.69) is 0 Å². The highest BCUT2D eigenvalue weighted by molar-refractivity contribution is 5.94. The Morgan fingerprint density at radius 3 is 2.29 bits per heavy atom. The Balaban J connectivity index is 1.56. The van der Waals surface area contributed by atoms with Gasteiger partial charge in [-0.2, -0.15) is 0 Å². The monoisotopic (exact) mass is 325 g/mol. The Bertz CT molecular complexity index is 743. The van der Waals surface area contributed by atoms with Gasteiger partial charge in [0.2, 0.25) is 5.91 Å². The fraction of sp³-hybridized carbons (Fsp3) is 0.368. The molecule has 1 fully saturated rings. The van der Waals surface area contributed by atoms with Crippen LogP contribution in [0.15, 0.2) is 42.7 Å². The summed E-state index contributed by atoms with van der Waals surface area (Å²) in [6.45, 7) is 4.41. The van der Waals surface area contributed by atoms with E-state index in [1.807, 2.05) is 71.1 Å². The second-order valence-electron chi connectivity index (χ2n) is 6.34. The van der Waals surface area contributed by atoms with E-state index in [0.717, 1.165) is 11.1 Å². The van der Waals surface area contributed by atoms with E-state index in [1.54, 1.807) is 0 Å². The molecule has 2 heterocycles. The standard InChI is InChI=1S/C19H23N3O2/c1-15-5-3-4-6-16(15)13-18(23)21-9-11-22(12-10-21)19(24)17-7-8-20(2)14-17/h3-8,14H,9-13H2,1-2H3. The first-order chi connectivity index (χ1) is 11.5. The molecule has 0 spiro atoms. The maximum atomic E-state index is 12.5. The van der Waals surface area contributed by atoms with Gasteiger partial charge in [-0.1, -0.05) is 24.3 Å². The van der Waals surface area contributed by atoms with Gasteiger partial charge in [0.05, 0.1) is 12.0 Å². The van der Waals surface area contributed by atoms with E-state index in [4.69, 9.17) is 0 Å². The number of carbonyl (C=O) groups is 2. The van der Waals surface area contributed by atoms with Crippen LogP contribution in [0.4, 0.5) is 0 Å². The number of carbonyl (C=O) groups excluding carboxylic acids is 2. The Labute approximate surface area is 142 Å². The second-order valence-corrected chi connectivity index (χ2v) is 6.34. The number of hydrogen-bond acceptors (Lipinski definition) is 2. The van der Waals surface area contributed by atoms with E-state index in [1.165, 1.54) is 0 Å². The minimum Gasteiger partial charge on any atom is -0.356 e. The fourth-order valence-electron chi connectivity index (χ4n) is 3.05. The smallest absolute Gasteiger partial charge is 0.255 e. The molecule has 24 heavy (non-hydrogen) atoms. The van der Waals surface area contributed by atoms with E-state index in [-0.39, 0.29) is 11.8 Å². The highest BCUT2D eigenvalue weighted by atomic mass is 16.2. The van der Waals surface area contributed by atoms with E-state index < -0.39 is 0 Å². The van der Waals surface area contributed by atoms with Gasteiger partial charge in [-0.25, -0.2) is 0 Å². The van der Waals surface area contributed by atoms with Crippen LogP contribution in [0.5, 0.6) is 0 Å². The van der Waals surface area contributed by atoms with Crippen molar-refractivity contribution in [3.63, 3.8) is 0 Å². The molecule has 0 bridgehead atoms. The molecule has 0 saturated carbocycles. The van der Waals surface area contributed by atoms with Crippen molar-refractivity contribution in [1.29, 1.82) is 0 Å². The summed E-state index contributed by atoms with van der Waals surface area (Å²) >= 11 is 0. The van der Waals surface area contributed by atoms with Gasteiger partial charge in [0, 0.05) is 45.6 Å². The van der Waals surface area contributed by atoms with Gasteiger partial charge in [-0.3, -0.25) is 9.59 Å². The lowest BCUT2D eigenvalue weighted by Gasteiger charge is -2.34. The first-order valence-electron chi connectivity index (χ1n) is 8.28. The number of benzene rings is 1. The summed E-state index contributed by atoms with van der Waals surface area (Å²) in [5, 5.41) is 0. The molecule has 0 N–H and O–H groups in total. The van der Waals surface area contributed by atoms with Crippen molar-refractivity contribution in [2.45, 2.75) is 13.3 Å². The van der Waals surface area contributed by atoms with Crippen LogP contribution < -0.4 is 0 Å². The van der Waals surface area contributed by atoms with E-state index in [0.29, 0.717) is 38.2 Å². The quantitative estimate of drug-likeness (QED) is 0.865. The summed E-state index contributed by atoms with van der Waals surface area (Å²) < 4.78 is 1.87. The SMILES string of the molecule is Cc1ccccc1CC(=O)N1CCN(C(=O)c2ccn(C)c2)CC1. The van der Waals surface area contributed by atoms with Gasteiger partial charge in [-0.05, 0) is 24.1 Å². The number of amides is 2. The molecule has 0 atom stereocenters. The van der Waals surface area contributed by atoms with Gasteiger partial charge in [0.25, 0.3) is 5.91 Å². The lowest BCUT2D eigenvalue weighted by atomic mass is 10.1. The Morgan fingerprint density at radius 2 is 1.67 bits per heavy atom. The van der Waals surface area contributed by atoms with Crippen molar-refractivity contribution in [2.24, 2.45) is 7.05 Å². The zero-order chi connectivity index (χ0) is 17.1. The van der Waals surface area contributed by atoms with E-state index >= 15 is 0 Å². The Kier molecular flexibility index (Phi) is 4.69. The molecule has 0 aliphatic carbocycles. The van der Waals surface area contributed by atoms with Crippen LogP contribution in [0.1, 0.15) is 21.5 Å². The Hall–Kier alpha value is -2.56. The van der Waals surface area contributed by atoms with Crippen LogP contribution in [0, 0.1) is 6.92 Å². The summed E-state index contributed by atoms with van der Waals surface area (Å²) in [6, 6.07) is 9.81. The normalized spacial score (nSPS) is 14.8. The number of piperazine rings is 1. The average molecular weight is 325 g/mol. The molecule has 126 valence electrons. The first kappa shape index (κ1) is 16.3. The summed E-state index contributed by atoms with van der Waals surface area (Å²) in [7, 11) is 1.90. The number of hydrogen-bond donors (Lipinski definition) is 0. The number of aromatic nitrogens is 1. The molecule has 3 rings (SSSR count). The van der Waals surface area contributed by atoms with Crippen LogP contribution >= 0.6 is 0 Å². The van der Waals surface area contributed by atoms with Gasteiger partial charge >= 0.3 is 0 Å². The molecule has 1 aliphatic rings. The van der Waals surface area contributed by atoms with Crippen molar-refractivity contribution < 1.29 is 9.59 Å². The van der Waals surface area contributed by atoms with Crippen molar-refractivity contribution in [3.8, 4) is 0 Å². The zero-order valence-electron chi connectivity index (χ0n) is 14.2. The first-order valence-corrected chi connectivity index (χ1v) is 8.28. The van der Waals surface area contributed by atoms with E-state index in [9.17, 15) is 9.59 Å². The van der Waals surface area contributed by atoms with Crippen LogP contribution in [0.25, 0.3) is 0 Å². The number of aryl methyl sites for hydroxylation is 2. The zero-order valence-corrected chi connectivity index (χ0v) is 14.2. The summed E-state index contributed by atoms with van der Waals surface area (Å²) in [4.78, 5) is 28.6. The minimum atomic E-state index is 0.0432. The van der Waals surface area contributed by atoms with Crippen LogP contribution in [-0.4, -0.2) is 52.4 Å². The summed E-state index contributed by atoms with van der Waals surface area (Å²) in [5.41, 5.74) is 2.92. The van der Waals surface area contributed by atoms with Crippen LogP contribution in [-0.2, 0) is 18.3 Å². The molecule has 1 aromatic heterocycles. The van der Waals surface area contributed by atoms with Crippen molar-refractivity contribution in [1.82, 2.24) is 14.4 Å². The summed E-state index contributed by atoms with van der Waals surface area (Å²) in [5.74, 6) is 0.178. The maximum Gasteiger partial charge on any atom is 0.255 e. The predicted octanol–water partition coefficient (Wildman–Crippen LogP) is 1.86. The molecule has 1 saturated heterocycles. The molecule has 2 amide bonds.